The number of aromatic nitrogens is 2. The van der Waals surface area contributed by atoms with Crippen molar-refractivity contribution in [2.45, 2.75) is 32.2 Å². The molecule has 0 saturated carbocycles. The van der Waals surface area contributed by atoms with Crippen LogP contribution < -0.4 is 5.73 Å². The second-order valence-electron chi connectivity index (χ2n) is 4.59. The van der Waals surface area contributed by atoms with E-state index in [-0.39, 0.29) is 0 Å². The van der Waals surface area contributed by atoms with Crippen molar-refractivity contribution in [1.29, 1.82) is 0 Å². The van der Waals surface area contributed by atoms with Crippen LogP contribution in [0.2, 0.25) is 0 Å². The van der Waals surface area contributed by atoms with Crippen LogP contribution in [0.4, 0.5) is 5.69 Å². The van der Waals surface area contributed by atoms with E-state index in [9.17, 15) is 0 Å². The van der Waals surface area contributed by atoms with Gasteiger partial charge < -0.3 is 10.3 Å². The van der Waals surface area contributed by atoms with Gasteiger partial charge in [-0.15, -0.1) is 0 Å². The highest BCUT2D eigenvalue weighted by atomic mass is 32.2. The summed E-state index contributed by atoms with van der Waals surface area (Å²) in [6, 6.07) is 5.94. The summed E-state index contributed by atoms with van der Waals surface area (Å²) in [5.74, 6) is 1.29. The zero-order valence-corrected chi connectivity index (χ0v) is 11.7. The number of benzene rings is 1. The number of rotatable bonds is 7. The maximum atomic E-state index is 5.75. The van der Waals surface area contributed by atoms with Crippen LogP contribution >= 0.6 is 11.8 Å². The Hall–Kier alpha value is -1.16. The first-order valence-corrected chi connectivity index (χ1v) is 7.90. The van der Waals surface area contributed by atoms with Crippen molar-refractivity contribution in [3.8, 4) is 0 Å². The highest BCUT2D eigenvalue weighted by Crippen LogP contribution is 2.17. The molecule has 0 spiro atoms. The third-order valence-electron chi connectivity index (χ3n) is 3.14. The van der Waals surface area contributed by atoms with Crippen molar-refractivity contribution in [3.05, 3.63) is 24.5 Å². The average Bonchev–Trinajstić information content (AvgIpc) is 2.76. The predicted molar refractivity (Wildman–Crippen MR) is 81.0 cm³/mol. The first-order chi connectivity index (χ1) is 8.81. The zero-order valence-electron chi connectivity index (χ0n) is 10.9. The van der Waals surface area contributed by atoms with Gasteiger partial charge in [0.25, 0.3) is 0 Å². The average molecular weight is 263 g/mol. The standard InChI is InChI=1S/C14H21N3S/c1-18-9-5-3-2-4-8-17-11-16-13-10-12(15)6-7-14(13)17/h6-7,10-11H,2-5,8-9,15H2,1H3. The summed E-state index contributed by atoms with van der Waals surface area (Å²) in [4.78, 5) is 4.39. The second kappa shape index (κ2) is 6.69. The van der Waals surface area contributed by atoms with Gasteiger partial charge in [0.05, 0.1) is 17.4 Å². The molecule has 2 aromatic rings. The lowest BCUT2D eigenvalue weighted by molar-refractivity contribution is 0.593. The van der Waals surface area contributed by atoms with E-state index in [4.69, 9.17) is 5.73 Å². The molecule has 0 atom stereocenters. The van der Waals surface area contributed by atoms with Gasteiger partial charge in [-0.1, -0.05) is 12.8 Å². The third kappa shape index (κ3) is 3.42. The monoisotopic (exact) mass is 263 g/mol. The Kier molecular flexibility index (Phi) is 4.93. The molecule has 1 aromatic heterocycles. The van der Waals surface area contributed by atoms with E-state index in [0.29, 0.717) is 0 Å². The van der Waals surface area contributed by atoms with Crippen LogP contribution in [0.5, 0.6) is 0 Å². The van der Waals surface area contributed by atoms with Gasteiger partial charge in [-0.25, -0.2) is 4.98 Å². The number of nitrogens with zero attached hydrogens (tertiary/aromatic N) is 2. The first kappa shape index (κ1) is 13.3. The van der Waals surface area contributed by atoms with Crippen molar-refractivity contribution < 1.29 is 0 Å². The molecule has 4 heteroatoms. The van der Waals surface area contributed by atoms with Crippen LogP contribution in [-0.4, -0.2) is 21.6 Å². The Morgan fingerprint density at radius 2 is 2.06 bits per heavy atom. The molecule has 0 radical (unpaired) electrons. The highest BCUT2D eigenvalue weighted by molar-refractivity contribution is 7.98. The maximum Gasteiger partial charge on any atom is 0.0958 e. The molecule has 0 amide bonds. The summed E-state index contributed by atoms with van der Waals surface area (Å²) in [6.45, 7) is 1.06. The molecule has 1 aromatic carbocycles. The summed E-state index contributed by atoms with van der Waals surface area (Å²) >= 11 is 1.93. The van der Waals surface area contributed by atoms with Gasteiger partial charge in [0, 0.05) is 12.2 Å². The van der Waals surface area contributed by atoms with Crippen LogP contribution in [0.3, 0.4) is 0 Å². The maximum absolute atomic E-state index is 5.75. The third-order valence-corrected chi connectivity index (χ3v) is 3.84. The van der Waals surface area contributed by atoms with Gasteiger partial charge in [0.1, 0.15) is 0 Å². The number of fused-ring (bicyclic) bond motifs is 1. The Morgan fingerprint density at radius 3 is 2.89 bits per heavy atom. The quantitative estimate of drug-likeness (QED) is 0.614. The van der Waals surface area contributed by atoms with Crippen LogP contribution in [0.15, 0.2) is 24.5 Å². The Morgan fingerprint density at radius 1 is 1.22 bits per heavy atom. The molecule has 0 aliphatic heterocycles. The van der Waals surface area contributed by atoms with Crippen molar-refractivity contribution in [2.24, 2.45) is 0 Å². The molecule has 18 heavy (non-hydrogen) atoms. The predicted octanol–water partition coefficient (Wildman–Crippen LogP) is 3.54. The van der Waals surface area contributed by atoms with Gasteiger partial charge in [-0.05, 0) is 43.0 Å². The van der Waals surface area contributed by atoms with E-state index in [0.717, 1.165) is 17.7 Å². The number of nitrogens with two attached hydrogens (primary N) is 1. The number of hydrogen-bond acceptors (Lipinski definition) is 3. The lowest BCUT2D eigenvalue weighted by Crippen LogP contribution is -1.96. The first-order valence-electron chi connectivity index (χ1n) is 6.50. The number of thioether (sulfide) groups is 1. The van der Waals surface area contributed by atoms with Crippen molar-refractivity contribution in [2.75, 3.05) is 17.7 Å². The minimum Gasteiger partial charge on any atom is -0.399 e. The molecule has 1 heterocycles. The number of anilines is 1. The van der Waals surface area contributed by atoms with Gasteiger partial charge in [0.2, 0.25) is 0 Å². The number of nitrogen functional groups attached to an aromatic ring is 1. The summed E-state index contributed by atoms with van der Waals surface area (Å²) in [7, 11) is 0. The van der Waals surface area contributed by atoms with Crippen LogP contribution in [0, 0.1) is 0 Å². The van der Waals surface area contributed by atoms with Gasteiger partial charge in [-0.3, -0.25) is 0 Å². The topological polar surface area (TPSA) is 43.8 Å². The SMILES string of the molecule is CSCCCCCCn1cnc2cc(N)ccc21. The van der Waals surface area contributed by atoms with Gasteiger partial charge in [-0.2, -0.15) is 11.8 Å². The van der Waals surface area contributed by atoms with Crippen molar-refractivity contribution >= 4 is 28.5 Å². The highest BCUT2D eigenvalue weighted by Gasteiger charge is 2.02. The Labute approximate surface area is 113 Å². The largest absolute Gasteiger partial charge is 0.399 e. The lowest BCUT2D eigenvalue weighted by Gasteiger charge is -2.04. The van der Waals surface area contributed by atoms with Crippen molar-refractivity contribution in [1.82, 2.24) is 9.55 Å². The number of hydrogen-bond donors (Lipinski definition) is 1. The fraction of sp³-hybridized carbons (Fsp3) is 0.500. The van der Waals surface area contributed by atoms with E-state index >= 15 is 0 Å². The fourth-order valence-electron chi connectivity index (χ4n) is 2.14. The van der Waals surface area contributed by atoms with Crippen LogP contribution in [-0.2, 0) is 6.54 Å². The zero-order chi connectivity index (χ0) is 12.8. The van der Waals surface area contributed by atoms with Crippen molar-refractivity contribution in [3.63, 3.8) is 0 Å². The summed E-state index contributed by atoms with van der Waals surface area (Å²) < 4.78 is 2.23. The molecule has 2 N–H and O–H groups in total. The molecule has 0 fully saturated rings. The number of aryl methyl sites for hydroxylation is 1. The molecule has 2 rings (SSSR count). The lowest BCUT2D eigenvalue weighted by atomic mass is 10.2. The molecule has 98 valence electrons. The normalized spacial score (nSPS) is 11.2. The van der Waals surface area contributed by atoms with Gasteiger partial charge in [0.15, 0.2) is 0 Å². The van der Waals surface area contributed by atoms with E-state index in [1.165, 1.54) is 37.0 Å². The molecule has 0 bridgehead atoms. The summed E-state index contributed by atoms with van der Waals surface area (Å²) in [5, 5.41) is 0. The minimum absolute atomic E-state index is 0.782. The van der Waals surface area contributed by atoms with Gasteiger partial charge >= 0.3 is 0 Å². The van der Waals surface area contributed by atoms with E-state index in [1.807, 2.05) is 30.2 Å². The fourth-order valence-corrected chi connectivity index (χ4v) is 2.63. The van der Waals surface area contributed by atoms with E-state index in [2.05, 4.69) is 21.9 Å². The van der Waals surface area contributed by atoms with E-state index in [1.54, 1.807) is 0 Å². The summed E-state index contributed by atoms with van der Waals surface area (Å²) in [6.07, 6.45) is 9.29. The molecular weight excluding hydrogens is 242 g/mol. The molecular formula is C14H21N3S. The van der Waals surface area contributed by atoms with Crippen LogP contribution in [0.25, 0.3) is 11.0 Å². The Bertz CT molecular complexity index is 493. The molecule has 0 unspecified atom stereocenters. The molecule has 0 saturated heterocycles. The summed E-state index contributed by atoms with van der Waals surface area (Å²) in [5.41, 5.74) is 8.72. The smallest absolute Gasteiger partial charge is 0.0958 e. The number of imidazole rings is 1. The molecule has 0 aliphatic rings. The number of unbranched alkanes of at least 4 members (excludes halogenated alkanes) is 3. The van der Waals surface area contributed by atoms with E-state index < -0.39 is 0 Å². The molecule has 3 nitrogen and oxygen atoms in total. The van der Waals surface area contributed by atoms with Crippen LogP contribution in [0.1, 0.15) is 25.7 Å². The minimum atomic E-state index is 0.782. The second-order valence-corrected chi connectivity index (χ2v) is 5.58. The Balaban J connectivity index is 1.84. The molecule has 0 aliphatic carbocycles.